The molecule has 5 heteroatoms. The van der Waals surface area contributed by atoms with E-state index < -0.39 is 0 Å². The molecule has 1 aliphatic rings. The van der Waals surface area contributed by atoms with Crippen LogP contribution in [0.25, 0.3) is 0 Å². The third kappa shape index (κ3) is 3.87. The minimum atomic E-state index is -0.341. The average Bonchev–Trinajstić information content (AvgIpc) is 3.02. The van der Waals surface area contributed by atoms with Crippen LogP contribution < -0.4 is 0 Å². The van der Waals surface area contributed by atoms with E-state index in [1.807, 2.05) is 60.7 Å². The van der Waals surface area contributed by atoms with Gasteiger partial charge in [-0.05, 0) is 35.7 Å². The van der Waals surface area contributed by atoms with Crippen molar-refractivity contribution in [1.29, 1.82) is 0 Å². The Labute approximate surface area is 175 Å². The predicted molar refractivity (Wildman–Crippen MR) is 114 cm³/mol. The second-order valence-electron chi connectivity index (χ2n) is 7.40. The fourth-order valence-corrected chi connectivity index (χ4v) is 3.66. The lowest BCUT2D eigenvalue weighted by Crippen LogP contribution is -2.31. The molecule has 1 heterocycles. The molecule has 0 radical (unpaired) electrons. The number of hydrogen-bond acceptors (Lipinski definition) is 3. The van der Waals surface area contributed by atoms with E-state index in [1.165, 1.54) is 4.90 Å². The number of rotatable bonds is 6. The molecule has 3 amide bonds. The summed E-state index contributed by atoms with van der Waals surface area (Å²) in [6, 6.07) is 24.2. The molecule has 0 aromatic heterocycles. The fraction of sp³-hybridized carbons (Fsp3) is 0.160. The number of hydrogen-bond donors (Lipinski definition) is 0. The van der Waals surface area contributed by atoms with Crippen molar-refractivity contribution in [2.24, 2.45) is 0 Å². The molecule has 0 saturated heterocycles. The minimum Gasteiger partial charge on any atom is -0.337 e. The number of nitrogens with zero attached hydrogens (tertiary/aromatic N) is 2. The van der Waals surface area contributed by atoms with E-state index in [4.69, 9.17) is 0 Å². The molecule has 0 unspecified atom stereocenters. The highest BCUT2D eigenvalue weighted by molar-refractivity contribution is 6.22. The average molecular weight is 398 g/mol. The monoisotopic (exact) mass is 398 g/mol. The Bertz CT molecular complexity index is 1090. The highest BCUT2D eigenvalue weighted by atomic mass is 16.2. The first-order valence-corrected chi connectivity index (χ1v) is 9.88. The van der Waals surface area contributed by atoms with Crippen LogP contribution in [0.1, 0.15) is 42.2 Å². The standard InChI is InChI=1S/C25H22N2O3/c1-26(17-19-10-6-3-7-11-19)23(28)20-12-13-21-22(16-20)25(30)27(24(21)29)15-14-18-8-4-2-5-9-18/h2-13,16H,14-15,17H2,1H3. The summed E-state index contributed by atoms with van der Waals surface area (Å²) in [6.07, 6.45) is 0.595. The molecule has 3 aromatic rings. The Morgan fingerprint density at radius 2 is 1.40 bits per heavy atom. The Balaban J connectivity index is 1.49. The summed E-state index contributed by atoms with van der Waals surface area (Å²) < 4.78 is 0. The topological polar surface area (TPSA) is 57.7 Å². The van der Waals surface area contributed by atoms with E-state index in [1.54, 1.807) is 30.1 Å². The third-order valence-corrected chi connectivity index (χ3v) is 5.29. The zero-order chi connectivity index (χ0) is 21.1. The first-order chi connectivity index (χ1) is 14.5. The highest BCUT2D eigenvalue weighted by Crippen LogP contribution is 2.25. The molecule has 0 N–H and O–H groups in total. The van der Waals surface area contributed by atoms with Crippen LogP contribution in [-0.2, 0) is 13.0 Å². The van der Waals surface area contributed by atoms with Gasteiger partial charge < -0.3 is 4.90 Å². The molecular weight excluding hydrogens is 376 g/mol. The molecule has 0 spiro atoms. The number of benzene rings is 3. The molecule has 0 bridgehead atoms. The van der Waals surface area contributed by atoms with E-state index in [0.717, 1.165) is 11.1 Å². The van der Waals surface area contributed by atoms with Crippen LogP contribution in [0, 0.1) is 0 Å². The number of imide groups is 1. The molecule has 0 saturated carbocycles. The van der Waals surface area contributed by atoms with Crippen LogP contribution in [0.3, 0.4) is 0 Å². The van der Waals surface area contributed by atoms with E-state index >= 15 is 0 Å². The van der Waals surface area contributed by atoms with Gasteiger partial charge in [0.15, 0.2) is 0 Å². The zero-order valence-electron chi connectivity index (χ0n) is 16.7. The van der Waals surface area contributed by atoms with Gasteiger partial charge in [-0.15, -0.1) is 0 Å². The maximum Gasteiger partial charge on any atom is 0.261 e. The van der Waals surface area contributed by atoms with Gasteiger partial charge >= 0.3 is 0 Å². The maximum absolute atomic E-state index is 12.8. The van der Waals surface area contributed by atoms with Crippen molar-refractivity contribution >= 4 is 17.7 Å². The van der Waals surface area contributed by atoms with Gasteiger partial charge in [-0.2, -0.15) is 0 Å². The maximum atomic E-state index is 12.8. The first kappa shape index (κ1) is 19.6. The number of carbonyl (C=O) groups excluding carboxylic acids is 3. The van der Waals surface area contributed by atoms with Gasteiger partial charge in [0.2, 0.25) is 0 Å². The molecule has 30 heavy (non-hydrogen) atoms. The van der Waals surface area contributed by atoms with Gasteiger partial charge in [0.25, 0.3) is 17.7 Å². The van der Waals surface area contributed by atoms with Crippen LogP contribution in [0.2, 0.25) is 0 Å². The molecule has 0 fully saturated rings. The molecule has 1 aliphatic heterocycles. The van der Waals surface area contributed by atoms with E-state index in [2.05, 4.69) is 0 Å². The van der Waals surface area contributed by atoms with Crippen molar-refractivity contribution in [1.82, 2.24) is 9.80 Å². The highest BCUT2D eigenvalue weighted by Gasteiger charge is 2.35. The van der Waals surface area contributed by atoms with Gasteiger partial charge in [0.1, 0.15) is 0 Å². The molecule has 0 aliphatic carbocycles. The number of amides is 3. The van der Waals surface area contributed by atoms with Crippen molar-refractivity contribution in [3.05, 3.63) is 107 Å². The Hall–Kier alpha value is -3.73. The normalized spacial score (nSPS) is 12.8. The van der Waals surface area contributed by atoms with E-state index in [-0.39, 0.29) is 17.7 Å². The van der Waals surface area contributed by atoms with Crippen molar-refractivity contribution < 1.29 is 14.4 Å². The van der Waals surface area contributed by atoms with Crippen LogP contribution in [-0.4, -0.2) is 41.1 Å². The Morgan fingerprint density at radius 1 is 0.800 bits per heavy atom. The summed E-state index contributed by atoms with van der Waals surface area (Å²) >= 11 is 0. The van der Waals surface area contributed by atoms with Gasteiger partial charge in [-0.25, -0.2) is 0 Å². The second kappa shape index (κ2) is 8.33. The predicted octanol–water partition coefficient (Wildman–Crippen LogP) is 3.80. The van der Waals surface area contributed by atoms with Crippen LogP contribution in [0.15, 0.2) is 78.9 Å². The zero-order valence-corrected chi connectivity index (χ0v) is 16.7. The number of carbonyl (C=O) groups is 3. The van der Waals surface area contributed by atoms with E-state index in [9.17, 15) is 14.4 Å². The number of fused-ring (bicyclic) bond motifs is 1. The SMILES string of the molecule is CN(Cc1ccccc1)C(=O)c1ccc2c(c1)C(=O)N(CCc1ccccc1)C2=O. The molecule has 150 valence electrons. The lowest BCUT2D eigenvalue weighted by molar-refractivity contribution is 0.0655. The van der Waals surface area contributed by atoms with Gasteiger partial charge in [0.05, 0.1) is 11.1 Å². The molecule has 0 atom stereocenters. The Morgan fingerprint density at radius 3 is 2.07 bits per heavy atom. The summed E-state index contributed by atoms with van der Waals surface area (Å²) in [4.78, 5) is 41.3. The summed E-state index contributed by atoms with van der Waals surface area (Å²) in [7, 11) is 1.72. The van der Waals surface area contributed by atoms with Crippen molar-refractivity contribution in [3.8, 4) is 0 Å². The van der Waals surface area contributed by atoms with Crippen molar-refractivity contribution in [2.45, 2.75) is 13.0 Å². The third-order valence-electron chi connectivity index (χ3n) is 5.29. The Kier molecular flexibility index (Phi) is 5.44. The summed E-state index contributed by atoms with van der Waals surface area (Å²) in [5.74, 6) is -0.835. The van der Waals surface area contributed by atoms with Gasteiger partial charge in [0, 0.05) is 25.7 Å². The largest absolute Gasteiger partial charge is 0.337 e. The van der Waals surface area contributed by atoms with Crippen molar-refractivity contribution in [2.75, 3.05) is 13.6 Å². The summed E-state index contributed by atoms with van der Waals surface area (Å²) in [6.45, 7) is 0.778. The van der Waals surface area contributed by atoms with Crippen molar-refractivity contribution in [3.63, 3.8) is 0 Å². The van der Waals surface area contributed by atoms with Crippen LogP contribution in [0.4, 0.5) is 0 Å². The second-order valence-corrected chi connectivity index (χ2v) is 7.40. The lowest BCUT2D eigenvalue weighted by Gasteiger charge is -2.17. The minimum absolute atomic E-state index is 0.190. The fourth-order valence-electron chi connectivity index (χ4n) is 3.66. The van der Waals surface area contributed by atoms with Gasteiger partial charge in [-0.1, -0.05) is 60.7 Å². The molecule has 3 aromatic carbocycles. The van der Waals surface area contributed by atoms with Crippen LogP contribution in [0.5, 0.6) is 0 Å². The molecule has 5 nitrogen and oxygen atoms in total. The smallest absolute Gasteiger partial charge is 0.261 e. The van der Waals surface area contributed by atoms with Gasteiger partial charge in [-0.3, -0.25) is 19.3 Å². The van der Waals surface area contributed by atoms with Crippen LogP contribution >= 0.6 is 0 Å². The molecule has 4 rings (SSSR count). The quantitative estimate of drug-likeness (QED) is 0.594. The van der Waals surface area contributed by atoms with E-state index in [0.29, 0.717) is 36.2 Å². The summed E-state index contributed by atoms with van der Waals surface area (Å²) in [5, 5.41) is 0. The lowest BCUT2D eigenvalue weighted by atomic mass is 10.0. The molecular formula is C25H22N2O3. The first-order valence-electron chi connectivity index (χ1n) is 9.88. The summed E-state index contributed by atoms with van der Waals surface area (Å²) in [5.41, 5.74) is 3.14.